The zero-order valence-corrected chi connectivity index (χ0v) is 18.5. The average Bonchev–Trinajstić information content (AvgIpc) is 2.61. The molecule has 0 bridgehead atoms. The lowest BCUT2D eigenvalue weighted by Crippen LogP contribution is -2.30. The van der Waals surface area contributed by atoms with Gasteiger partial charge in [0.15, 0.2) is 0 Å². The Morgan fingerprint density at radius 2 is 1.59 bits per heavy atom. The maximum Gasteiger partial charge on any atom is 0.240 e. The van der Waals surface area contributed by atoms with Crippen LogP contribution in [0.5, 0.6) is 5.75 Å². The number of rotatable bonds is 8. The Balaban J connectivity index is 1.83. The Hall–Kier alpha value is -2.38. The van der Waals surface area contributed by atoms with Crippen LogP contribution in [0, 0.1) is 0 Å². The van der Waals surface area contributed by atoms with Gasteiger partial charge in [0.05, 0.1) is 17.9 Å². The largest absolute Gasteiger partial charge is 0.493 e. The van der Waals surface area contributed by atoms with Crippen molar-refractivity contribution in [3.63, 3.8) is 0 Å². The van der Waals surface area contributed by atoms with Crippen LogP contribution >= 0.6 is 0 Å². The van der Waals surface area contributed by atoms with Crippen LogP contribution in [-0.2, 0) is 20.2 Å². The Morgan fingerprint density at radius 3 is 2.10 bits per heavy atom. The zero-order valence-electron chi connectivity index (χ0n) is 17.7. The van der Waals surface area contributed by atoms with Gasteiger partial charge in [-0.3, -0.25) is 4.79 Å². The van der Waals surface area contributed by atoms with Crippen LogP contribution in [0.25, 0.3) is 0 Å². The fourth-order valence-corrected chi connectivity index (χ4v) is 3.88. The molecule has 0 unspecified atom stereocenters. The third-order valence-electron chi connectivity index (χ3n) is 4.16. The van der Waals surface area contributed by atoms with Gasteiger partial charge in [0, 0.05) is 11.7 Å². The second-order valence-electron chi connectivity index (χ2n) is 8.22. The maximum absolute atomic E-state index is 12.1. The predicted octanol–water partition coefficient (Wildman–Crippen LogP) is 4.08. The smallest absolute Gasteiger partial charge is 0.240 e. The van der Waals surface area contributed by atoms with E-state index in [0.717, 1.165) is 5.75 Å². The predicted molar refractivity (Wildman–Crippen MR) is 116 cm³/mol. The molecule has 2 rings (SSSR count). The topological polar surface area (TPSA) is 84.5 Å². The third kappa shape index (κ3) is 7.18. The van der Waals surface area contributed by atoms with Gasteiger partial charge in [-0.25, -0.2) is 13.1 Å². The lowest BCUT2D eigenvalue weighted by molar-refractivity contribution is -0.116. The summed E-state index contributed by atoms with van der Waals surface area (Å²) in [6.07, 6.45) is 0.190. The van der Waals surface area contributed by atoms with Crippen molar-refractivity contribution in [1.82, 2.24) is 4.72 Å². The number of benzene rings is 2. The van der Waals surface area contributed by atoms with E-state index in [0.29, 0.717) is 5.69 Å². The van der Waals surface area contributed by atoms with E-state index in [-0.39, 0.29) is 35.3 Å². The highest BCUT2D eigenvalue weighted by Gasteiger charge is 2.15. The van der Waals surface area contributed by atoms with Gasteiger partial charge < -0.3 is 10.1 Å². The standard InChI is InChI=1S/C22H30N2O4S/c1-16(2)24-29(26,27)20-12-8-18(9-13-20)23-21(25)14-15-28-19-10-6-17(7-11-19)22(3,4)5/h6-13,16,24H,14-15H2,1-5H3,(H,23,25). The molecule has 0 fully saturated rings. The van der Waals surface area contributed by atoms with E-state index in [2.05, 4.69) is 30.8 Å². The van der Waals surface area contributed by atoms with Crippen molar-refractivity contribution in [3.05, 3.63) is 54.1 Å². The summed E-state index contributed by atoms with van der Waals surface area (Å²) in [4.78, 5) is 12.3. The summed E-state index contributed by atoms with van der Waals surface area (Å²) in [6, 6.07) is 13.7. The van der Waals surface area contributed by atoms with Crippen molar-refractivity contribution in [3.8, 4) is 5.75 Å². The van der Waals surface area contributed by atoms with E-state index < -0.39 is 10.0 Å². The van der Waals surface area contributed by atoms with E-state index >= 15 is 0 Å². The molecular weight excluding hydrogens is 388 g/mol. The molecule has 0 aromatic heterocycles. The lowest BCUT2D eigenvalue weighted by atomic mass is 9.87. The minimum atomic E-state index is -3.54. The Bertz CT molecular complexity index is 913. The SMILES string of the molecule is CC(C)NS(=O)(=O)c1ccc(NC(=O)CCOc2ccc(C(C)(C)C)cc2)cc1. The number of carbonyl (C=O) groups is 1. The number of anilines is 1. The van der Waals surface area contributed by atoms with Crippen LogP contribution < -0.4 is 14.8 Å². The van der Waals surface area contributed by atoms with Gasteiger partial charge in [-0.15, -0.1) is 0 Å². The van der Waals surface area contributed by atoms with Gasteiger partial charge in [0.1, 0.15) is 5.75 Å². The molecule has 0 atom stereocenters. The van der Waals surface area contributed by atoms with Crippen LogP contribution in [0.4, 0.5) is 5.69 Å². The Morgan fingerprint density at radius 1 is 1.00 bits per heavy atom. The third-order valence-corrected chi connectivity index (χ3v) is 5.83. The van der Waals surface area contributed by atoms with Gasteiger partial charge in [-0.2, -0.15) is 0 Å². The molecule has 0 radical (unpaired) electrons. The normalized spacial score (nSPS) is 12.1. The van der Waals surface area contributed by atoms with E-state index in [1.54, 1.807) is 26.0 Å². The van der Waals surface area contributed by atoms with E-state index in [1.165, 1.54) is 17.7 Å². The fraction of sp³-hybridized carbons (Fsp3) is 0.409. The first-order valence-electron chi connectivity index (χ1n) is 9.63. The summed E-state index contributed by atoms with van der Waals surface area (Å²) in [7, 11) is -3.54. The Labute approximate surface area is 173 Å². The van der Waals surface area contributed by atoms with Gasteiger partial charge in [-0.05, 0) is 61.2 Å². The maximum atomic E-state index is 12.1. The van der Waals surface area contributed by atoms with Crippen LogP contribution in [0.3, 0.4) is 0 Å². The number of amides is 1. The quantitative estimate of drug-likeness (QED) is 0.677. The minimum absolute atomic E-state index is 0.0815. The molecule has 6 nitrogen and oxygen atoms in total. The molecule has 0 aliphatic carbocycles. The molecule has 2 aromatic rings. The molecular formula is C22H30N2O4S. The minimum Gasteiger partial charge on any atom is -0.493 e. The number of nitrogens with one attached hydrogen (secondary N) is 2. The van der Waals surface area contributed by atoms with Gasteiger partial charge in [-0.1, -0.05) is 32.9 Å². The van der Waals surface area contributed by atoms with Crippen LogP contribution in [0.2, 0.25) is 0 Å². The summed E-state index contributed by atoms with van der Waals surface area (Å²) in [5.41, 5.74) is 1.84. The molecule has 29 heavy (non-hydrogen) atoms. The summed E-state index contributed by atoms with van der Waals surface area (Å²) in [6.45, 7) is 10.2. The molecule has 1 amide bonds. The number of sulfonamides is 1. The van der Waals surface area contributed by atoms with Crippen molar-refractivity contribution in [2.45, 2.75) is 57.4 Å². The molecule has 0 aliphatic heterocycles. The molecule has 158 valence electrons. The van der Waals surface area contributed by atoms with Crippen molar-refractivity contribution in [2.75, 3.05) is 11.9 Å². The van der Waals surface area contributed by atoms with Crippen molar-refractivity contribution in [2.24, 2.45) is 0 Å². The number of hydrogen-bond acceptors (Lipinski definition) is 4. The van der Waals surface area contributed by atoms with Crippen LogP contribution in [0.15, 0.2) is 53.4 Å². The van der Waals surface area contributed by atoms with E-state index in [9.17, 15) is 13.2 Å². The van der Waals surface area contributed by atoms with Crippen LogP contribution in [0.1, 0.15) is 46.6 Å². The highest BCUT2D eigenvalue weighted by atomic mass is 32.2. The second-order valence-corrected chi connectivity index (χ2v) is 9.94. The molecule has 2 N–H and O–H groups in total. The van der Waals surface area contributed by atoms with E-state index in [4.69, 9.17) is 4.74 Å². The summed E-state index contributed by atoms with van der Waals surface area (Å²) < 4.78 is 32.4. The highest BCUT2D eigenvalue weighted by molar-refractivity contribution is 7.89. The summed E-state index contributed by atoms with van der Waals surface area (Å²) >= 11 is 0. The van der Waals surface area contributed by atoms with E-state index in [1.807, 2.05) is 24.3 Å². The first kappa shape index (κ1) is 22.9. The molecule has 0 heterocycles. The van der Waals surface area contributed by atoms with Crippen molar-refractivity contribution in [1.29, 1.82) is 0 Å². The first-order chi connectivity index (χ1) is 13.5. The Kier molecular flexibility index (Phi) is 7.43. The molecule has 0 aliphatic rings. The summed E-state index contributed by atoms with van der Waals surface area (Å²) in [5, 5.41) is 2.74. The monoisotopic (exact) mass is 418 g/mol. The zero-order chi connectivity index (χ0) is 21.7. The summed E-state index contributed by atoms with van der Waals surface area (Å²) in [5.74, 6) is 0.519. The number of ether oxygens (including phenoxy) is 1. The molecule has 2 aromatic carbocycles. The van der Waals surface area contributed by atoms with Gasteiger partial charge >= 0.3 is 0 Å². The average molecular weight is 419 g/mol. The van der Waals surface area contributed by atoms with Gasteiger partial charge in [0.2, 0.25) is 15.9 Å². The molecule has 0 saturated heterocycles. The molecule has 0 spiro atoms. The fourth-order valence-electron chi connectivity index (χ4n) is 2.63. The highest BCUT2D eigenvalue weighted by Crippen LogP contribution is 2.24. The number of carbonyl (C=O) groups excluding carboxylic acids is 1. The van der Waals surface area contributed by atoms with Crippen LogP contribution in [-0.4, -0.2) is 27.0 Å². The van der Waals surface area contributed by atoms with Gasteiger partial charge in [0.25, 0.3) is 0 Å². The lowest BCUT2D eigenvalue weighted by Gasteiger charge is -2.19. The first-order valence-corrected chi connectivity index (χ1v) is 11.1. The van der Waals surface area contributed by atoms with Crippen molar-refractivity contribution < 1.29 is 17.9 Å². The number of hydrogen-bond donors (Lipinski definition) is 2. The second kappa shape index (κ2) is 9.41. The molecule has 7 heteroatoms. The molecule has 0 saturated carbocycles. The van der Waals surface area contributed by atoms with Crippen molar-refractivity contribution >= 4 is 21.6 Å².